The van der Waals surface area contributed by atoms with E-state index in [0.717, 1.165) is 50.5 Å². The largest absolute Gasteiger partial charge is 0.444 e. The van der Waals surface area contributed by atoms with Gasteiger partial charge in [0.25, 0.3) is 5.91 Å². The molecule has 3 aliphatic carbocycles. The van der Waals surface area contributed by atoms with Crippen molar-refractivity contribution < 1.29 is 19.1 Å². The lowest BCUT2D eigenvalue weighted by Crippen LogP contribution is -2.42. The Bertz CT molecular complexity index is 1340. The van der Waals surface area contributed by atoms with Gasteiger partial charge in [0.15, 0.2) is 0 Å². The smallest absolute Gasteiger partial charge is 0.410 e. The molecule has 2 saturated carbocycles. The zero-order valence-electron chi connectivity index (χ0n) is 24.4. The van der Waals surface area contributed by atoms with Gasteiger partial charge in [-0.2, -0.15) is 0 Å². The molecule has 0 aromatic carbocycles. The van der Waals surface area contributed by atoms with Crippen LogP contribution in [0, 0.1) is 11.8 Å². The molecule has 0 bridgehead atoms. The quantitative estimate of drug-likeness (QED) is 0.421. The van der Waals surface area contributed by atoms with Gasteiger partial charge >= 0.3 is 6.09 Å². The molecule has 1 aliphatic heterocycles. The molecule has 2 atom stereocenters. The van der Waals surface area contributed by atoms with E-state index in [0.29, 0.717) is 48.5 Å². The van der Waals surface area contributed by atoms with Crippen molar-refractivity contribution >= 4 is 40.2 Å². The van der Waals surface area contributed by atoms with Gasteiger partial charge in [-0.15, -0.1) is 21.5 Å². The van der Waals surface area contributed by atoms with Crippen LogP contribution < -0.4 is 16.0 Å². The van der Waals surface area contributed by atoms with E-state index in [2.05, 4.69) is 37.6 Å². The van der Waals surface area contributed by atoms with Gasteiger partial charge in [0.1, 0.15) is 16.9 Å². The number of rotatable bonds is 8. The first-order chi connectivity index (χ1) is 19.5. The number of anilines is 2. The first-order valence-electron chi connectivity index (χ1n) is 14.9. The van der Waals surface area contributed by atoms with Crippen molar-refractivity contribution in [3.05, 3.63) is 22.3 Å². The Labute approximate surface area is 244 Å². The second kappa shape index (κ2) is 10.6. The normalized spacial score (nSPS) is 24.1. The predicted molar refractivity (Wildman–Crippen MR) is 156 cm³/mol. The number of carbonyl (C=O) groups is 3. The number of likely N-dealkylation sites (tertiary alicyclic amines) is 1. The number of aryl methyl sites for hydroxylation is 1. The Morgan fingerprint density at radius 3 is 2.66 bits per heavy atom. The summed E-state index contributed by atoms with van der Waals surface area (Å²) in [6.07, 6.45) is 8.70. The second-order valence-corrected chi connectivity index (χ2v) is 14.5. The van der Waals surface area contributed by atoms with Gasteiger partial charge < -0.3 is 25.6 Å². The summed E-state index contributed by atoms with van der Waals surface area (Å²) >= 11 is 1.55. The number of fused-ring (bicyclic) bond motifs is 1. The molecule has 2 aromatic heterocycles. The average Bonchev–Trinajstić information content (AvgIpc) is 3.81. The molecule has 0 radical (unpaired) electrons. The molecule has 1 saturated heterocycles. The molecular formula is C29H41N7O4S. The maximum absolute atomic E-state index is 13.5. The highest BCUT2D eigenvalue weighted by Crippen LogP contribution is 2.43. The summed E-state index contributed by atoms with van der Waals surface area (Å²) in [4.78, 5) is 41.7. The lowest BCUT2D eigenvalue weighted by atomic mass is 9.91. The average molecular weight is 584 g/mol. The fourth-order valence-corrected chi connectivity index (χ4v) is 7.00. The zero-order chi connectivity index (χ0) is 28.9. The van der Waals surface area contributed by atoms with Crippen molar-refractivity contribution in [2.24, 2.45) is 11.8 Å². The number of amides is 3. The lowest BCUT2D eigenvalue weighted by molar-refractivity contribution is -0.117. The van der Waals surface area contributed by atoms with Crippen LogP contribution in [0.25, 0.3) is 0 Å². The van der Waals surface area contributed by atoms with Crippen LogP contribution in [0.5, 0.6) is 0 Å². The number of ether oxygens (including phenoxy) is 1. The maximum atomic E-state index is 13.5. The van der Waals surface area contributed by atoms with Crippen molar-refractivity contribution in [2.45, 2.75) is 96.2 Å². The third-order valence-corrected chi connectivity index (χ3v) is 9.61. The minimum Gasteiger partial charge on any atom is -0.444 e. The molecule has 0 spiro atoms. The molecule has 3 amide bonds. The SMILES string of the molecule is CC1(Nc2nncn2[C@H]2CCc3sc(NC(=O)C4CC4)c(C(=O)NCC4CC4)c3C2)CCN(C(=O)OC(C)(C)C)C1. The van der Waals surface area contributed by atoms with Crippen LogP contribution in [0.15, 0.2) is 6.33 Å². The summed E-state index contributed by atoms with van der Waals surface area (Å²) in [5, 5.41) is 19.1. The molecule has 1 unspecified atom stereocenters. The van der Waals surface area contributed by atoms with E-state index in [4.69, 9.17) is 4.74 Å². The number of nitrogens with zero attached hydrogens (tertiary/aromatic N) is 4. The number of carbonyl (C=O) groups excluding carboxylic acids is 3. The third kappa shape index (κ3) is 6.37. The summed E-state index contributed by atoms with van der Waals surface area (Å²) in [5.41, 5.74) is 0.730. The summed E-state index contributed by atoms with van der Waals surface area (Å²) < 4.78 is 7.64. The maximum Gasteiger partial charge on any atom is 0.410 e. The number of hydrogen-bond acceptors (Lipinski definition) is 8. The van der Waals surface area contributed by atoms with E-state index in [1.54, 1.807) is 22.6 Å². The van der Waals surface area contributed by atoms with Crippen molar-refractivity contribution in [3.8, 4) is 0 Å². The van der Waals surface area contributed by atoms with Crippen LogP contribution in [0.1, 0.15) is 93.1 Å². The molecule has 11 nitrogen and oxygen atoms in total. The minimum absolute atomic E-state index is 0.0203. The van der Waals surface area contributed by atoms with Crippen LogP contribution in [0.2, 0.25) is 0 Å². The van der Waals surface area contributed by atoms with Crippen LogP contribution in [0.4, 0.5) is 15.7 Å². The van der Waals surface area contributed by atoms with Crippen LogP contribution >= 0.6 is 11.3 Å². The van der Waals surface area contributed by atoms with Gasteiger partial charge in [0, 0.05) is 36.5 Å². The van der Waals surface area contributed by atoms with E-state index >= 15 is 0 Å². The Hall–Kier alpha value is -3.15. The Balaban J connectivity index is 1.18. The number of nitrogens with one attached hydrogen (secondary N) is 3. The summed E-state index contributed by atoms with van der Waals surface area (Å²) in [5.74, 6) is 1.22. The standard InChI is InChI=1S/C29H41N7O4S/c1-28(2,3)40-27(39)35-12-11-29(4,15-35)33-26-34-31-16-36(26)19-9-10-21-20(13-19)22(24(38)30-14-17-5-6-17)25(41-21)32-23(37)18-7-8-18/h16-19H,5-15H2,1-4H3,(H,30,38)(H,32,37)(H,33,34)/t19-,29?/m0/s1. The summed E-state index contributed by atoms with van der Waals surface area (Å²) in [7, 11) is 0. The van der Waals surface area contributed by atoms with E-state index in [1.165, 1.54) is 4.88 Å². The van der Waals surface area contributed by atoms with Crippen molar-refractivity contribution in [1.82, 2.24) is 25.0 Å². The van der Waals surface area contributed by atoms with E-state index in [1.807, 2.05) is 20.8 Å². The fraction of sp³-hybridized carbons (Fsp3) is 0.690. The second-order valence-electron chi connectivity index (χ2n) is 13.4. The van der Waals surface area contributed by atoms with E-state index in [9.17, 15) is 14.4 Å². The fourth-order valence-electron chi connectivity index (χ4n) is 5.75. The van der Waals surface area contributed by atoms with Gasteiger partial charge in [-0.3, -0.25) is 14.2 Å². The number of aromatic nitrogens is 3. The monoisotopic (exact) mass is 583 g/mol. The molecular weight excluding hydrogens is 542 g/mol. The summed E-state index contributed by atoms with van der Waals surface area (Å²) in [6, 6.07) is 0.0588. The lowest BCUT2D eigenvalue weighted by Gasteiger charge is -2.30. The van der Waals surface area contributed by atoms with Crippen molar-refractivity contribution in [3.63, 3.8) is 0 Å². The highest BCUT2D eigenvalue weighted by Gasteiger charge is 2.40. The topological polar surface area (TPSA) is 130 Å². The molecule has 12 heteroatoms. The van der Waals surface area contributed by atoms with Crippen molar-refractivity contribution in [1.29, 1.82) is 0 Å². The Morgan fingerprint density at radius 1 is 1.17 bits per heavy atom. The van der Waals surface area contributed by atoms with E-state index < -0.39 is 5.60 Å². The number of thiophene rings is 1. The van der Waals surface area contributed by atoms with Crippen LogP contribution in [-0.2, 0) is 22.4 Å². The molecule has 222 valence electrons. The molecule has 3 heterocycles. The van der Waals surface area contributed by atoms with Gasteiger partial charge in [0.05, 0.1) is 11.1 Å². The number of hydrogen-bond donors (Lipinski definition) is 3. The highest BCUT2D eigenvalue weighted by molar-refractivity contribution is 7.17. The third-order valence-electron chi connectivity index (χ3n) is 8.40. The Kier molecular flexibility index (Phi) is 7.24. The van der Waals surface area contributed by atoms with Crippen LogP contribution in [0.3, 0.4) is 0 Å². The first kappa shape index (κ1) is 28.0. The minimum atomic E-state index is -0.542. The van der Waals surface area contributed by atoms with Crippen molar-refractivity contribution in [2.75, 3.05) is 30.3 Å². The predicted octanol–water partition coefficient (Wildman–Crippen LogP) is 4.37. The molecule has 2 aromatic rings. The molecule has 6 rings (SSSR count). The van der Waals surface area contributed by atoms with Crippen LogP contribution in [-0.4, -0.2) is 68.3 Å². The summed E-state index contributed by atoms with van der Waals surface area (Å²) in [6.45, 7) is 9.49. The molecule has 41 heavy (non-hydrogen) atoms. The van der Waals surface area contributed by atoms with Gasteiger partial charge in [-0.05, 0) is 90.5 Å². The highest BCUT2D eigenvalue weighted by atomic mass is 32.1. The molecule has 4 aliphatic rings. The van der Waals surface area contributed by atoms with Gasteiger partial charge in [-0.25, -0.2) is 4.79 Å². The zero-order valence-corrected chi connectivity index (χ0v) is 25.2. The van der Waals surface area contributed by atoms with Gasteiger partial charge in [0.2, 0.25) is 11.9 Å². The van der Waals surface area contributed by atoms with Gasteiger partial charge in [-0.1, -0.05) is 0 Å². The van der Waals surface area contributed by atoms with E-state index in [-0.39, 0.29) is 35.4 Å². The Morgan fingerprint density at radius 2 is 1.95 bits per heavy atom. The first-order valence-corrected chi connectivity index (χ1v) is 15.7. The molecule has 3 fully saturated rings. The molecule has 3 N–H and O–H groups in total.